The lowest BCUT2D eigenvalue weighted by molar-refractivity contribution is -0.132. The van der Waals surface area contributed by atoms with E-state index in [2.05, 4.69) is 10.6 Å². The van der Waals surface area contributed by atoms with Gasteiger partial charge in [0.25, 0.3) is 0 Å². The number of rotatable bonds is 7. The highest BCUT2D eigenvalue weighted by molar-refractivity contribution is 5.77. The van der Waals surface area contributed by atoms with Crippen molar-refractivity contribution in [2.24, 2.45) is 0 Å². The highest BCUT2D eigenvalue weighted by Crippen LogP contribution is 2.16. The first kappa shape index (κ1) is 15.7. The molecule has 0 aliphatic rings. The molecule has 2 rings (SSSR count). The molecule has 2 aromatic rings. The van der Waals surface area contributed by atoms with Crippen LogP contribution in [-0.4, -0.2) is 35.9 Å². The van der Waals surface area contributed by atoms with Crippen molar-refractivity contribution in [1.29, 1.82) is 0 Å². The molecule has 6 heteroatoms. The Morgan fingerprint density at radius 1 is 0.955 bits per heavy atom. The molecule has 2 aromatic carbocycles. The number of hydrogen-bond donors (Lipinski definition) is 4. The van der Waals surface area contributed by atoms with E-state index in [1.54, 1.807) is 36.4 Å². The molecule has 0 aliphatic heterocycles. The van der Waals surface area contributed by atoms with Crippen molar-refractivity contribution in [2.45, 2.75) is 0 Å². The number of aliphatic hydroxyl groups is 1. The number of hydrogen-bond acceptors (Lipinski definition) is 6. The summed E-state index contributed by atoms with van der Waals surface area (Å²) in [5.74, 6) is 0.208. The summed E-state index contributed by atoms with van der Waals surface area (Å²) >= 11 is 0. The second kappa shape index (κ2) is 7.90. The van der Waals surface area contributed by atoms with Gasteiger partial charge in [0, 0.05) is 17.9 Å². The minimum atomic E-state index is -0.413. The third-order valence-corrected chi connectivity index (χ3v) is 2.83. The number of nitrogens with one attached hydrogen (secondary N) is 2. The largest absolute Gasteiger partial charge is 0.508 e. The van der Waals surface area contributed by atoms with Crippen LogP contribution in [0.4, 0.5) is 11.4 Å². The molecule has 0 atom stereocenters. The van der Waals surface area contributed by atoms with Gasteiger partial charge in [0.15, 0.2) is 0 Å². The number of phenols is 1. The quantitative estimate of drug-likeness (QED) is 0.354. The van der Waals surface area contributed by atoms with E-state index in [1.165, 1.54) is 12.1 Å². The highest BCUT2D eigenvalue weighted by Gasteiger charge is 2.05. The molecule has 0 radical (unpaired) electrons. The molecule has 0 spiro atoms. The molecule has 22 heavy (non-hydrogen) atoms. The van der Waals surface area contributed by atoms with Gasteiger partial charge in [0.1, 0.15) is 18.0 Å². The fraction of sp³-hybridized carbons (Fsp3) is 0.188. The predicted molar refractivity (Wildman–Crippen MR) is 84.2 cm³/mol. The van der Waals surface area contributed by atoms with Crippen LogP contribution >= 0.6 is 0 Å². The first-order chi connectivity index (χ1) is 10.7. The Morgan fingerprint density at radius 3 is 2.18 bits per heavy atom. The van der Waals surface area contributed by atoms with Crippen LogP contribution in [0.2, 0.25) is 0 Å². The van der Waals surface area contributed by atoms with Gasteiger partial charge in [-0.1, -0.05) is 0 Å². The Labute approximate surface area is 128 Å². The number of aromatic hydroxyl groups is 1. The van der Waals surface area contributed by atoms with Crippen LogP contribution < -0.4 is 15.4 Å². The van der Waals surface area contributed by atoms with Gasteiger partial charge < -0.3 is 25.6 Å². The van der Waals surface area contributed by atoms with Gasteiger partial charge >= 0.3 is 5.97 Å². The van der Waals surface area contributed by atoms with Gasteiger partial charge in [0.05, 0.1) is 6.61 Å². The maximum Gasteiger partial charge on any atom is 0.330 e. The zero-order chi connectivity index (χ0) is 15.8. The number of carbonyl (C=O) groups is 1. The molecule has 0 unspecified atom stereocenters. The fourth-order valence-electron chi connectivity index (χ4n) is 1.76. The number of aliphatic hydroxyl groups excluding tert-OH is 1. The molecule has 0 aliphatic carbocycles. The van der Waals surface area contributed by atoms with Crippen molar-refractivity contribution in [2.75, 3.05) is 30.3 Å². The number of carbonyl (C=O) groups excluding carboxylic acids is 1. The van der Waals surface area contributed by atoms with Gasteiger partial charge in [-0.15, -0.1) is 0 Å². The summed E-state index contributed by atoms with van der Waals surface area (Å²) in [5, 5.41) is 23.8. The third-order valence-electron chi connectivity index (χ3n) is 2.83. The lowest BCUT2D eigenvalue weighted by atomic mass is 10.3. The lowest BCUT2D eigenvalue weighted by Gasteiger charge is -2.08. The smallest absolute Gasteiger partial charge is 0.330 e. The first-order valence-corrected chi connectivity index (χ1v) is 6.86. The van der Waals surface area contributed by atoms with Gasteiger partial charge in [-0.2, -0.15) is 0 Å². The Kier molecular flexibility index (Phi) is 5.62. The van der Waals surface area contributed by atoms with E-state index in [1.807, 2.05) is 0 Å². The lowest BCUT2D eigenvalue weighted by Crippen LogP contribution is -2.19. The van der Waals surface area contributed by atoms with Crippen molar-refractivity contribution < 1.29 is 19.7 Å². The summed E-state index contributed by atoms with van der Waals surface area (Å²) in [4.78, 5) is 11.7. The zero-order valence-electron chi connectivity index (χ0n) is 12.0. The SMILES string of the molecule is O=C(CNc1ccc(O)cc1)Oc1ccc(NCCO)cc1. The number of anilines is 2. The molecule has 0 fully saturated rings. The fourth-order valence-corrected chi connectivity index (χ4v) is 1.76. The van der Waals surface area contributed by atoms with Gasteiger partial charge in [0.2, 0.25) is 0 Å². The topological polar surface area (TPSA) is 90.8 Å². The third kappa shape index (κ3) is 4.99. The molecule has 0 amide bonds. The summed E-state index contributed by atoms with van der Waals surface area (Å²) in [5.41, 5.74) is 1.56. The van der Waals surface area contributed by atoms with Crippen LogP contribution in [0.15, 0.2) is 48.5 Å². The predicted octanol–water partition coefficient (Wildman–Crippen LogP) is 1.81. The molecule has 0 heterocycles. The zero-order valence-corrected chi connectivity index (χ0v) is 12.0. The first-order valence-electron chi connectivity index (χ1n) is 6.86. The summed E-state index contributed by atoms with van der Waals surface area (Å²) in [6.07, 6.45) is 0. The van der Waals surface area contributed by atoms with Crippen LogP contribution in [0.3, 0.4) is 0 Å². The van der Waals surface area contributed by atoms with Crippen molar-refractivity contribution in [3.8, 4) is 11.5 Å². The maximum atomic E-state index is 11.7. The van der Waals surface area contributed by atoms with E-state index >= 15 is 0 Å². The summed E-state index contributed by atoms with van der Waals surface area (Å²) in [6.45, 7) is 0.546. The standard InChI is InChI=1S/C16H18N2O4/c19-10-9-17-12-3-7-15(8-4-12)22-16(21)11-18-13-1-5-14(20)6-2-13/h1-8,17-20H,9-11H2. The van der Waals surface area contributed by atoms with Crippen molar-refractivity contribution >= 4 is 17.3 Å². The van der Waals surface area contributed by atoms with Gasteiger partial charge in [-0.25, -0.2) is 4.79 Å². The highest BCUT2D eigenvalue weighted by atomic mass is 16.5. The van der Waals surface area contributed by atoms with Crippen LogP contribution in [-0.2, 0) is 4.79 Å². The monoisotopic (exact) mass is 302 g/mol. The molecular weight excluding hydrogens is 284 g/mol. The van der Waals surface area contributed by atoms with Crippen molar-refractivity contribution in [1.82, 2.24) is 0 Å². The molecule has 0 saturated heterocycles. The Morgan fingerprint density at radius 2 is 1.55 bits per heavy atom. The van der Waals surface area contributed by atoms with E-state index < -0.39 is 5.97 Å². The molecule has 6 nitrogen and oxygen atoms in total. The van der Waals surface area contributed by atoms with E-state index in [0.717, 1.165) is 11.4 Å². The molecule has 0 aromatic heterocycles. The number of ether oxygens (including phenoxy) is 1. The number of phenolic OH excluding ortho intramolecular Hbond substituents is 1. The molecular formula is C16H18N2O4. The van der Waals surface area contributed by atoms with E-state index in [4.69, 9.17) is 14.9 Å². The average molecular weight is 302 g/mol. The van der Waals surface area contributed by atoms with Crippen LogP contribution in [0.5, 0.6) is 11.5 Å². The second-order valence-corrected chi connectivity index (χ2v) is 4.55. The summed E-state index contributed by atoms with van der Waals surface area (Å²) < 4.78 is 5.19. The number of esters is 1. The Bertz CT molecular complexity index is 597. The minimum absolute atomic E-state index is 0.0231. The van der Waals surface area contributed by atoms with Crippen LogP contribution in [0.1, 0.15) is 0 Å². The summed E-state index contributed by atoms with van der Waals surface area (Å²) in [7, 11) is 0. The minimum Gasteiger partial charge on any atom is -0.508 e. The second-order valence-electron chi connectivity index (χ2n) is 4.55. The molecule has 0 bridgehead atoms. The Hall–Kier alpha value is -2.73. The molecule has 4 N–H and O–H groups in total. The van der Waals surface area contributed by atoms with E-state index in [0.29, 0.717) is 12.3 Å². The van der Waals surface area contributed by atoms with E-state index in [9.17, 15) is 4.79 Å². The maximum absolute atomic E-state index is 11.7. The number of benzene rings is 2. The average Bonchev–Trinajstić information content (AvgIpc) is 2.54. The van der Waals surface area contributed by atoms with Crippen molar-refractivity contribution in [3.63, 3.8) is 0 Å². The molecule has 0 saturated carbocycles. The normalized spacial score (nSPS) is 10.0. The van der Waals surface area contributed by atoms with Crippen molar-refractivity contribution in [3.05, 3.63) is 48.5 Å². The Balaban J connectivity index is 1.80. The van der Waals surface area contributed by atoms with Crippen LogP contribution in [0, 0.1) is 0 Å². The van der Waals surface area contributed by atoms with Gasteiger partial charge in [-0.3, -0.25) is 0 Å². The van der Waals surface area contributed by atoms with Gasteiger partial charge in [-0.05, 0) is 48.5 Å². The van der Waals surface area contributed by atoms with E-state index in [-0.39, 0.29) is 18.9 Å². The summed E-state index contributed by atoms with van der Waals surface area (Å²) in [6, 6.07) is 13.3. The molecule has 116 valence electrons. The van der Waals surface area contributed by atoms with Crippen LogP contribution in [0.25, 0.3) is 0 Å².